The van der Waals surface area contributed by atoms with Gasteiger partial charge in [0.25, 0.3) is 5.91 Å². The summed E-state index contributed by atoms with van der Waals surface area (Å²) in [5.74, 6) is 0.0620. The number of hydrogen-bond acceptors (Lipinski definition) is 3. The normalized spacial score (nSPS) is 23.3. The molecule has 1 aliphatic rings. The summed E-state index contributed by atoms with van der Waals surface area (Å²) in [4.78, 5) is 16.5. The molecule has 0 aliphatic carbocycles. The highest BCUT2D eigenvalue weighted by Gasteiger charge is 2.28. The van der Waals surface area contributed by atoms with E-state index in [0.717, 1.165) is 30.6 Å². The number of hydrogen-bond donors (Lipinski definition) is 1. The molecule has 1 amide bonds. The van der Waals surface area contributed by atoms with Gasteiger partial charge in [-0.2, -0.15) is 0 Å². The third kappa shape index (κ3) is 3.31. The number of anilines is 1. The fraction of sp³-hybridized carbons (Fsp3) is 0.562. The molecule has 1 aromatic rings. The Bertz CT molecular complexity index is 483. The van der Waals surface area contributed by atoms with E-state index in [1.54, 1.807) is 0 Å². The Labute approximate surface area is 121 Å². The molecule has 20 heavy (non-hydrogen) atoms. The van der Waals surface area contributed by atoms with Crippen molar-refractivity contribution in [1.29, 1.82) is 0 Å². The molecule has 1 aromatic carbocycles. The van der Waals surface area contributed by atoms with Crippen LogP contribution in [0.2, 0.25) is 0 Å². The van der Waals surface area contributed by atoms with Gasteiger partial charge in [0, 0.05) is 32.9 Å². The maximum atomic E-state index is 12.7. The number of carbonyl (C=O) groups is 1. The Morgan fingerprint density at radius 2 is 1.95 bits per heavy atom. The second-order valence-corrected chi connectivity index (χ2v) is 6.05. The van der Waals surface area contributed by atoms with Crippen molar-refractivity contribution in [3.8, 4) is 0 Å². The molecule has 0 bridgehead atoms. The summed E-state index contributed by atoms with van der Waals surface area (Å²) in [6.07, 6.45) is 2.25. The van der Waals surface area contributed by atoms with E-state index in [0.29, 0.717) is 13.0 Å². The zero-order valence-electron chi connectivity index (χ0n) is 12.6. The Kier molecular flexibility index (Phi) is 4.33. The van der Waals surface area contributed by atoms with Crippen molar-refractivity contribution in [2.45, 2.75) is 31.8 Å². The Hall–Kier alpha value is -1.55. The van der Waals surface area contributed by atoms with E-state index in [4.69, 9.17) is 0 Å². The summed E-state index contributed by atoms with van der Waals surface area (Å²) < 4.78 is 0. The minimum absolute atomic E-state index is 0.0620. The second-order valence-electron chi connectivity index (χ2n) is 6.05. The first-order valence-corrected chi connectivity index (χ1v) is 7.19. The summed E-state index contributed by atoms with van der Waals surface area (Å²) in [5, 5.41) is 10.1. The Balaban J connectivity index is 2.19. The lowest BCUT2D eigenvalue weighted by atomic mass is 9.98. The molecule has 4 nitrogen and oxygen atoms in total. The number of likely N-dealkylation sites (tertiary alicyclic amines) is 1. The van der Waals surface area contributed by atoms with Gasteiger partial charge in [-0.05, 0) is 38.3 Å². The molecule has 0 saturated carbocycles. The predicted octanol–water partition coefficient (Wildman–Crippen LogP) is 2.13. The van der Waals surface area contributed by atoms with Crippen LogP contribution in [0, 0.1) is 0 Å². The van der Waals surface area contributed by atoms with E-state index >= 15 is 0 Å². The first kappa shape index (κ1) is 14.9. The number of benzene rings is 1. The van der Waals surface area contributed by atoms with Crippen LogP contribution in [0.3, 0.4) is 0 Å². The van der Waals surface area contributed by atoms with Gasteiger partial charge in [0.05, 0.1) is 11.2 Å². The third-order valence-electron chi connectivity index (χ3n) is 3.97. The van der Waals surface area contributed by atoms with Crippen LogP contribution in [0.15, 0.2) is 24.3 Å². The number of nitrogens with zero attached hydrogens (tertiary/aromatic N) is 2. The van der Waals surface area contributed by atoms with Crippen molar-refractivity contribution < 1.29 is 9.90 Å². The molecular formula is C16H24N2O2. The zero-order chi connectivity index (χ0) is 14.8. The zero-order valence-corrected chi connectivity index (χ0v) is 12.6. The monoisotopic (exact) mass is 276 g/mol. The molecule has 110 valence electrons. The second kappa shape index (κ2) is 5.83. The molecule has 1 N–H and O–H groups in total. The lowest BCUT2D eigenvalue weighted by Crippen LogP contribution is -2.34. The van der Waals surface area contributed by atoms with Crippen molar-refractivity contribution in [3.63, 3.8) is 0 Å². The van der Waals surface area contributed by atoms with E-state index < -0.39 is 5.60 Å². The minimum Gasteiger partial charge on any atom is -0.390 e. The summed E-state index contributed by atoms with van der Waals surface area (Å²) in [5.41, 5.74) is 1.03. The van der Waals surface area contributed by atoms with E-state index in [1.807, 2.05) is 55.1 Å². The maximum Gasteiger partial charge on any atom is 0.255 e. The van der Waals surface area contributed by atoms with E-state index in [1.165, 1.54) is 0 Å². The van der Waals surface area contributed by atoms with Crippen LogP contribution in [-0.4, -0.2) is 48.7 Å². The van der Waals surface area contributed by atoms with E-state index in [2.05, 4.69) is 0 Å². The molecule has 1 atom stereocenters. The van der Waals surface area contributed by atoms with Gasteiger partial charge in [-0.3, -0.25) is 4.79 Å². The van der Waals surface area contributed by atoms with Gasteiger partial charge in [-0.15, -0.1) is 0 Å². The molecule has 1 fully saturated rings. The molecular weight excluding hydrogens is 252 g/mol. The maximum absolute atomic E-state index is 12.7. The molecule has 1 heterocycles. The molecule has 0 spiro atoms. The first-order chi connectivity index (χ1) is 9.41. The number of amides is 1. The van der Waals surface area contributed by atoms with Crippen molar-refractivity contribution in [3.05, 3.63) is 29.8 Å². The third-order valence-corrected chi connectivity index (χ3v) is 3.97. The van der Waals surface area contributed by atoms with Crippen LogP contribution < -0.4 is 4.90 Å². The lowest BCUT2D eigenvalue weighted by Gasteiger charge is -2.25. The first-order valence-electron chi connectivity index (χ1n) is 7.19. The SMILES string of the molecule is CN(C)c1ccccc1C(=O)N1CCC[C@@](C)(O)CC1. The fourth-order valence-electron chi connectivity index (χ4n) is 2.68. The molecule has 4 heteroatoms. The van der Waals surface area contributed by atoms with Gasteiger partial charge in [0.1, 0.15) is 0 Å². The van der Waals surface area contributed by atoms with E-state index in [-0.39, 0.29) is 5.91 Å². The summed E-state index contributed by atoms with van der Waals surface area (Å²) in [6.45, 7) is 3.19. The van der Waals surface area contributed by atoms with Crippen LogP contribution in [-0.2, 0) is 0 Å². The molecule has 2 rings (SSSR count). The van der Waals surface area contributed by atoms with Gasteiger partial charge >= 0.3 is 0 Å². The number of rotatable bonds is 2. The largest absolute Gasteiger partial charge is 0.390 e. The lowest BCUT2D eigenvalue weighted by molar-refractivity contribution is 0.0438. The van der Waals surface area contributed by atoms with E-state index in [9.17, 15) is 9.90 Å². The van der Waals surface area contributed by atoms with Gasteiger partial charge in [0.15, 0.2) is 0 Å². The standard InChI is InChI=1S/C16H24N2O2/c1-16(20)9-6-11-18(12-10-16)15(19)13-7-4-5-8-14(13)17(2)3/h4-5,7-8,20H,6,9-12H2,1-3H3/t16-/m1/s1. The smallest absolute Gasteiger partial charge is 0.255 e. The number of carbonyl (C=O) groups excluding carboxylic acids is 1. The van der Waals surface area contributed by atoms with Crippen molar-refractivity contribution in [2.24, 2.45) is 0 Å². The van der Waals surface area contributed by atoms with Crippen molar-refractivity contribution >= 4 is 11.6 Å². The van der Waals surface area contributed by atoms with Gasteiger partial charge < -0.3 is 14.9 Å². The highest BCUT2D eigenvalue weighted by molar-refractivity contribution is 5.99. The summed E-state index contributed by atoms with van der Waals surface area (Å²) in [6, 6.07) is 7.68. The average molecular weight is 276 g/mol. The Morgan fingerprint density at radius 1 is 1.25 bits per heavy atom. The quantitative estimate of drug-likeness (QED) is 0.900. The highest BCUT2D eigenvalue weighted by Crippen LogP contribution is 2.25. The average Bonchev–Trinajstić information content (AvgIpc) is 2.59. The minimum atomic E-state index is -0.643. The van der Waals surface area contributed by atoms with Crippen LogP contribution >= 0.6 is 0 Å². The fourth-order valence-corrected chi connectivity index (χ4v) is 2.68. The number of para-hydroxylation sites is 1. The van der Waals surface area contributed by atoms with Gasteiger partial charge in [0.2, 0.25) is 0 Å². The summed E-state index contributed by atoms with van der Waals surface area (Å²) in [7, 11) is 3.89. The Morgan fingerprint density at radius 3 is 2.65 bits per heavy atom. The van der Waals surface area contributed by atoms with Crippen molar-refractivity contribution in [1.82, 2.24) is 4.90 Å². The molecule has 1 aliphatic heterocycles. The number of aliphatic hydroxyl groups is 1. The molecule has 1 saturated heterocycles. The van der Waals surface area contributed by atoms with Crippen LogP contribution in [0.4, 0.5) is 5.69 Å². The van der Waals surface area contributed by atoms with Crippen LogP contribution in [0.25, 0.3) is 0 Å². The van der Waals surface area contributed by atoms with Gasteiger partial charge in [-0.1, -0.05) is 12.1 Å². The van der Waals surface area contributed by atoms with Crippen molar-refractivity contribution in [2.75, 3.05) is 32.1 Å². The molecule has 0 unspecified atom stereocenters. The van der Waals surface area contributed by atoms with Crippen LogP contribution in [0.1, 0.15) is 36.5 Å². The molecule has 0 aromatic heterocycles. The van der Waals surface area contributed by atoms with Crippen LogP contribution in [0.5, 0.6) is 0 Å². The van der Waals surface area contributed by atoms with Gasteiger partial charge in [-0.25, -0.2) is 0 Å². The predicted molar refractivity (Wildman–Crippen MR) is 81.1 cm³/mol. The molecule has 0 radical (unpaired) electrons. The highest BCUT2D eigenvalue weighted by atomic mass is 16.3. The topological polar surface area (TPSA) is 43.8 Å². The summed E-state index contributed by atoms with van der Waals surface area (Å²) >= 11 is 0.